The molecule has 1 heterocycles. The van der Waals surface area contributed by atoms with Crippen LogP contribution >= 0.6 is 0 Å². The Morgan fingerprint density at radius 2 is 2.04 bits per heavy atom. The predicted octanol–water partition coefficient (Wildman–Crippen LogP) is 1.89. The molecule has 0 aliphatic rings. The Morgan fingerprint density at radius 1 is 1.26 bits per heavy atom. The molecule has 0 unspecified atom stereocenters. The highest BCUT2D eigenvalue weighted by Crippen LogP contribution is 2.09. The highest BCUT2D eigenvalue weighted by atomic mass is 19.2. The molecule has 23 heavy (non-hydrogen) atoms. The van der Waals surface area contributed by atoms with Crippen LogP contribution in [-0.4, -0.2) is 15.7 Å². The van der Waals surface area contributed by atoms with Gasteiger partial charge in [-0.05, 0) is 42.3 Å². The Bertz CT molecular complexity index is 800. The summed E-state index contributed by atoms with van der Waals surface area (Å²) in [6.45, 7) is 0.276. The first kappa shape index (κ1) is 16.6. The van der Waals surface area contributed by atoms with Gasteiger partial charge in [-0.15, -0.1) is 0 Å². The van der Waals surface area contributed by atoms with Crippen molar-refractivity contribution in [2.24, 2.45) is 0 Å². The molecule has 2 aromatic rings. The molecule has 1 aromatic heterocycles. The van der Waals surface area contributed by atoms with Gasteiger partial charge in [-0.3, -0.25) is 14.8 Å². The minimum Gasteiger partial charge on any atom is -0.315 e. The molecule has 120 valence electrons. The van der Waals surface area contributed by atoms with E-state index in [0.29, 0.717) is 12.0 Å². The van der Waals surface area contributed by atoms with Crippen LogP contribution in [0.3, 0.4) is 0 Å². The molecular formula is C16H14F2N2O3. The minimum absolute atomic E-state index is 0.265. The lowest BCUT2D eigenvalue weighted by Crippen LogP contribution is -2.22. The summed E-state index contributed by atoms with van der Waals surface area (Å²) in [5.74, 6) is -2.59. The van der Waals surface area contributed by atoms with E-state index in [1.54, 1.807) is 12.3 Å². The standard InChI is InChI=1S/C16H14F2N2O3/c17-13-5-3-11(10-14(13)18)7-9-20-8-1-2-12(16(20)22)4-6-15(21)19-23/h1-6,8,10,23H,7,9H2,(H,19,21)/b6-4+. The van der Waals surface area contributed by atoms with Crippen LogP contribution in [0, 0.1) is 11.6 Å². The number of hydrogen-bond acceptors (Lipinski definition) is 3. The monoisotopic (exact) mass is 320 g/mol. The summed E-state index contributed by atoms with van der Waals surface area (Å²) in [6, 6.07) is 6.75. The number of amides is 1. The maximum Gasteiger partial charge on any atom is 0.267 e. The number of rotatable bonds is 5. The second-order valence-corrected chi connectivity index (χ2v) is 4.77. The Labute approximate surface area is 130 Å². The fourth-order valence-electron chi connectivity index (χ4n) is 2.01. The first-order valence-electron chi connectivity index (χ1n) is 6.77. The summed E-state index contributed by atoms with van der Waals surface area (Å²) in [5, 5.41) is 8.40. The van der Waals surface area contributed by atoms with Gasteiger partial charge in [-0.25, -0.2) is 14.3 Å². The third-order valence-electron chi connectivity index (χ3n) is 3.20. The molecule has 0 bridgehead atoms. The van der Waals surface area contributed by atoms with Gasteiger partial charge in [0.05, 0.1) is 0 Å². The number of hydrogen-bond donors (Lipinski definition) is 2. The molecule has 1 amide bonds. The SMILES string of the molecule is O=C(/C=C/c1cccn(CCc2ccc(F)c(F)c2)c1=O)NO. The lowest BCUT2D eigenvalue weighted by Gasteiger charge is -2.07. The third kappa shape index (κ3) is 4.33. The average molecular weight is 320 g/mol. The summed E-state index contributed by atoms with van der Waals surface area (Å²) in [4.78, 5) is 23.1. The zero-order valence-corrected chi connectivity index (χ0v) is 12.0. The summed E-state index contributed by atoms with van der Waals surface area (Å²) in [7, 11) is 0. The number of nitrogens with zero attached hydrogens (tertiary/aromatic N) is 1. The van der Waals surface area contributed by atoms with Gasteiger partial charge in [-0.2, -0.15) is 0 Å². The van der Waals surface area contributed by atoms with Crippen LogP contribution in [0.2, 0.25) is 0 Å². The van der Waals surface area contributed by atoms with Crippen molar-refractivity contribution >= 4 is 12.0 Å². The number of benzene rings is 1. The molecule has 0 fully saturated rings. The lowest BCUT2D eigenvalue weighted by molar-refractivity contribution is -0.124. The molecule has 0 aliphatic heterocycles. The predicted molar refractivity (Wildman–Crippen MR) is 79.7 cm³/mol. The van der Waals surface area contributed by atoms with Crippen LogP contribution in [-0.2, 0) is 17.8 Å². The van der Waals surface area contributed by atoms with E-state index in [2.05, 4.69) is 0 Å². The maximum atomic E-state index is 13.1. The van der Waals surface area contributed by atoms with E-state index in [-0.39, 0.29) is 17.7 Å². The first-order valence-corrected chi connectivity index (χ1v) is 6.77. The minimum atomic E-state index is -0.929. The topological polar surface area (TPSA) is 71.3 Å². The van der Waals surface area contributed by atoms with Crippen LogP contribution in [0.15, 0.2) is 47.4 Å². The van der Waals surface area contributed by atoms with Crippen LogP contribution in [0.1, 0.15) is 11.1 Å². The average Bonchev–Trinajstić information content (AvgIpc) is 2.55. The summed E-state index contributed by atoms with van der Waals surface area (Å²) in [6.07, 6.45) is 4.21. The van der Waals surface area contributed by atoms with Gasteiger partial charge in [0.15, 0.2) is 11.6 Å². The Kier molecular flexibility index (Phi) is 5.37. The molecule has 0 atom stereocenters. The van der Waals surface area contributed by atoms with Crippen molar-refractivity contribution in [3.63, 3.8) is 0 Å². The van der Waals surface area contributed by atoms with Gasteiger partial charge in [0.25, 0.3) is 11.5 Å². The second-order valence-electron chi connectivity index (χ2n) is 4.77. The zero-order chi connectivity index (χ0) is 16.8. The van der Waals surface area contributed by atoms with Gasteiger partial charge in [0.2, 0.25) is 0 Å². The number of aryl methyl sites for hydroxylation is 2. The number of nitrogens with one attached hydrogen (secondary N) is 1. The number of carbonyl (C=O) groups excluding carboxylic acids is 1. The molecule has 0 aliphatic carbocycles. The van der Waals surface area contributed by atoms with Crippen molar-refractivity contribution in [3.8, 4) is 0 Å². The van der Waals surface area contributed by atoms with Crippen molar-refractivity contribution in [2.75, 3.05) is 0 Å². The van der Waals surface area contributed by atoms with Crippen LogP contribution in [0.5, 0.6) is 0 Å². The van der Waals surface area contributed by atoms with E-state index in [1.807, 2.05) is 0 Å². The normalized spacial score (nSPS) is 10.9. The molecule has 1 aromatic carbocycles. The van der Waals surface area contributed by atoms with E-state index < -0.39 is 17.5 Å². The molecular weight excluding hydrogens is 306 g/mol. The zero-order valence-electron chi connectivity index (χ0n) is 12.0. The molecule has 0 spiro atoms. The maximum absolute atomic E-state index is 13.1. The highest BCUT2D eigenvalue weighted by molar-refractivity contribution is 5.90. The number of carbonyl (C=O) groups is 1. The van der Waals surface area contributed by atoms with E-state index in [0.717, 1.165) is 18.2 Å². The molecule has 0 saturated carbocycles. The van der Waals surface area contributed by atoms with E-state index in [4.69, 9.17) is 5.21 Å². The quantitative estimate of drug-likeness (QED) is 0.502. The second kappa shape index (κ2) is 7.46. The van der Waals surface area contributed by atoms with Crippen molar-refractivity contribution < 1.29 is 18.8 Å². The van der Waals surface area contributed by atoms with Crippen molar-refractivity contribution in [2.45, 2.75) is 13.0 Å². The first-order chi connectivity index (χ1) is 11.0. The number of aromatic nitrogens is 1. The molecule has 2 N–H and O–H groups in total. The fraction of sp³-hybridized carbons (Fsp3) is 0.125. The van der Waals surface area contributed by atoms with E-state index >= 15 is 0 Å². The van der Waals surface area contributed by atoms with Gasteiger partial charge >= 0.3 is 0 Å². The fourth-order valence-corrected chi connectivity index (χ4v) is 2.01. The van der Waals surface area contributed by atoms with Crippen molar-refractivity contribution in [1.82, 2.24) is 10.0 Å². The Hall–Kier alpha value is -2.80. The molecule has 5 nitrogen and oxygen atoms in total. The number of hydroxylamine groups is 1. The number of pyridine rings is 1. The largest absolute Gasteiger partial charge is 0.315 e. The third-order valence-corrected chi connectivity index (χ3v) is 3.20. The summed E-state index contributed by atoms with van der Waals surface area (Å²) >= 11 is 0. The number of halogens is 2. The van der Waals surface area contributed by atoms with Gasteiger partial charge < -0.3 is 4.57 Å². The Morgan fingerprint density at radius 3 is 2.74 bits per heavy atom. The molecule has 0 radical (unpaired) electrons. The Balaban J connectivity index is 2.14. The van der Waals surface area contributed by atoms with Crippen LogP contribution in [0.25, 0.3) is 6.08 Å². The lowest BCUT2D eigenvalue weighted by atomic mass is 10.1. The van der Waals surface area contributed by atoms with Crippen molar-refractivity contribution in [1.29, 1.82) is 0 Å². The van der Waals surface area contributed by atoms with Gasteiger partial charge in [0.1, 0.15) is 0 Å². The van der Waals surface area contributed by atoms with Gasteiger partial charge in [0, 0.05) is 24.4 Å². The summed E-state index contributed by atoms with van der Waals surface area (Å²) in [5.41, 5.74) is 1.92. The van der Waals surface area contributed by atoms with Crippen LogP contribution < -0.4 is 11.0 Å². The van der Waals surface area contributed by atoms with Gasteiger partial charge in [-0.1, -0.05) is 6.07 Å². The van der Waals surface area contributed by atoms with Crippen molar-refractivity contribution in [3.05, 3.63) is 75.7 Å². The van der Waals surface area contributed by atoms with E-state index in [9.17, 15) is 18.4 Å². The highest BCUT2D eigenvalue weighted by Gasteiger charge is 2.05. The molecule has 2 rings (SSSR count). The van der Waals surface area contributed by atoms with E-state index in [1.165, 1.54) is 28.3 Å². The smallest absolute Gasteiger partial charge is 0.267 e. The van der Waals surface area contributed by atoms with Crippen LogP contribution in [0.4, 0.5) is 8.78 Å². The summed E-state index contributed by atoms with van der Waals surface area (Å²) < 4.78 is 27.4. The molecule has 0 saturated heterocycles. The molecule has 7 heteroatoms.